The fourth-order valence-corrected chi connectivity index (χ4v) is 3.03. The van der Waals surface area contributed by atoms with Crippen molar-refractivity contribution in [3.63, 3.8) is 0 Å². The van der Waals surface area contributed by atoms with E-state index in [1.807, 2.05) is 45.9 Å². The van der Waals surface area contributed by atoms with Gasteiger partial charge in [-0.2, -0.15) is 0 Å². The molecule has 0 spiro atoms. The monoisotopic (exact) mass is 353 g/mol. The largest absolute Gasteiger partial charge is 0.487 e. The molecular formula is C21H23NO4. The highest BCUT2D eigenvalue weighted by Crippen LogP contribution is 2.34. The molecule has 1 aliphatic heterocycles. The summed E-state index contributed by atoms with van der Waals surface area (Å²) in [5.41, 5.74) is 2.67. The van der Waals surface area contributed by atoms with Crippen LogP contribution in [0.3, 0.4) is 0 Å². The lowest BCUT2D eigenvalue weighted by atomic mass is 9.93. The van der Waals surface area contributed by atoms with Crippen molar-refractivity contribution in [3.8, 4) is 11.5 Å². The summed E-state index contributed by atoms with van der Waals surface area (Å²) in [5, 5.41) is 2.76. The molecule has 5 nitrogen and oxygen atoms in total. The average Bonchev–Trinajstić information content (AvgIpc) is 2.54. The molecule has 1 aliphatic rings. The molecular weight excluding hydrogens is 330 g/mol. The lowest BCUT2D eigenvalue weighted by molar-refractivity contribution is -0.118. The zero-order valence-corrected chi connectivity index (χ0v) is 15.5. The number of rotatable bonds is 4. The van der Waals surface area contributed by atoms with Crippen LogP contribution in [0.2, 0.25) is 0 Å². The van der Waals surface area contributed by atoms with E-state index in [4.69, 9.17) is 9.47 Å². The number of hydrogen-bond donors (Lipinski definition) is 1. The first kappa shape index (κ1) is 18.0. The molecule has 1 heterocycles. The van der Waals surface area contributed by atoms with Crippen molar-refractivity contribution in [3.05, 3.63) is 53.1 Å². The third-order valence-corrected chi connectivity index (χ3v) is 4.23. The second kappa shape index (κ2) is 6.83. The van der Waals surface area contributed by atoms with Crippen LogP contribution in [0.15, 0.2) is 36.4 Å². The molecule has 0 aliphatic carbocycles. The van der Waals surface area contributed by atoms with E-state index < -0.39 is 5.60 Å². The van der Waals surface area contributed by atoms with Gasteiger partial charge in [-0.05, 0) is 57.5 Å². The normalized spacial score (nSPS) is 15.0. The maximum Gasteiger partial charge on any atom is 0.262 e. The SMILES string of the molecule is Cc1ccc(OCC(=O)Nc2ccc3c(c2)C(=O)CC(C)(C)O3)c(C)c1. The van der Waals surface area contributed by atoms with Crippen molar-refractivity contribution in [2.75, 3.05) is 11.9 Å². The van der Waals surface area contributed by atoms with Gasteiger partial charge in [0.05, 0.1) is 12.0 Å². The van der Waals surface area contributed by atoms with Crippen LogP contribution in [-0.2, 0) is 4.79 Å². The van der Waals surface area contributed by atoms with Crippen molar-refractivity contribution in [1.82, 2.24) is 0 Å². The quantitative estimate of drug-likeness (QED) is 0.900. The number of amides is 1. The molecule has 0 atom stereocenters. The van der Waals surface area contributed by atoms with Crippen LogP contribution in [0.4, 0.5) is 5.69 Å². The molecule has 1 amide bonds. The number of hydrogen-bond acceptors (Lipinski definition) is 4. The van der Waals surface area contributed by atoms with Crippen LogP contribution in [-0.4, -0.2) is 23.9 Å². The highest BCUT2D eigenvalue weighted by atomic mass is 16.5. The summed E-state index contributed by atoms with van der Waals surface area (Å²) in [5.74, 6) is 0.964. The average molecular weight is 353 g/mol. The summed E-state index contributed by atoms with van der Waals surface area (Å²) in [6.07, 6.45) is 0.313. The Morgan fingerprint density at radius 2 is 1.96 bits per heavy atom. The molecule has 3 rings (SSSR count). The molecule has 136 valence electrons. The predicted octanol–water partition coefficient (Wildman–Crippen LogP) is 4.06. The zero-order valence-electron chi connectivity index (χ0n) is 15.5. The number of carbonyl (C=O) groups is 2. The standard InChI is InChI=1S/C21H23NO4/c1-13-5-7-18(14(2)9-13)25-12-20(24)22-15-6-8-19-16(10-15)17(23)11-21(3,4)26-19/h5-10H,11-12H2,1-4H3,(H,22,24). The molecule has 2 aromatic carbocycles. The molecule has 0 aromatic heterocycles. The zero-order chi connectivity index (χ0) is 18.9. The summed E-state index contributed by atoms with van der Waals surface area (Å²) < 4.78 is 11.4. The third-order valence-electron chi connectivity index (χ3n) is 4.23. The van der Waals surface area contributed by atoms with E-state index in [9.17, 15) is 9.59 Å². The molecule has 0 radical (unpaired) electrons. The Balaban J connectivity index is 1.65. The first-order valence-electron chi connectivity index (χ1n) is 8.60. The van der Waals surface area contributed by atoms with Gasteiger partial charge in [-0.3, -0.25) is 9.59 Å². The number of anilines is 1. The Labute approximate surface area is 153 Å². The summed E-state index contributed by atoms with van der Waals surface area (Å²) in [6.45, 7) is 7.61. The maximum absolute atomic E-state index is 12.3. The van der Waals surface area contributed by atoms with Crippen molar-refractivity contribution in [2.45, 2.75) is 39.7 Å². The van der Waals surface area contributed by atoms with E-state index in [1.165, 1.54) is 0 Å². The smallest absolute Gasteiger partial charge is 0.262 e. The highest BCUT2D eigenvalue weighted by molar-refractivity contribution is 6.02. The lowest BCUT2D eigenvalue weighted by Gasteiger charge is -2.31. The van der Waals surface area contributed by atoms with Gasteiger partial charge in [0, 0.05) is 5.69 Å². The van der Waals surface area contributed by atoms with E-state index in [2.05, 4.69) is 5.32 Å². The van der Waals surface area contributed by atoms with Crippen LogP contribution >= 0.6 is 0 Å². The lowest BCUT2D eigenvalue weighted by Crippen LogP contribution is -2.35. The van der Waals surface area contributed by atoms with Gasteiger partial charge in [-0.25, -0.2) is 0 Å². The Bertz CT molecular complexity index is 870. The fourth-order valence-electron chi connectivity index (χ4n) is 3.03. The minimum atomic E-state index is -0.505. The topological polar surface area (TPSA) is 64.6 Å². The number of carbonyl (C=O) groups excluding carboxylic acids is 2. The fraction of sp³-hybridized carbons (Fsp3) is 0.333. The van der Waals surface area contributed by atoms with E-state index in [-0.39, 0.29) is 18.3 Å². The van der Waals surface area contributed by atoms with Crippen molar-refractivity contribution in [1.29, 1.82) is 0 Å². The first-order valence-corrected chi connectivity index (χ1v) is 8.60. The molecule has 2 aromatic rings. The van der Waals surface area contributed by atoms with Gasteiger partial charge in [0.15, 0.2) is 12.4 Å². The van der Waals surface area contributed by atoms with Crippen molar-refractivity contribution in [2.24, 2.45) is 0 Å². The van der Waals surface area contributed by atoms with Crippen molar-refractivity contribution < 1.29 is 19.1 Å². The number of fused-ring (bicyclic) bond motifs is 1. The van der Waals surface area contributed by atoms with Gasteiger partial charge < -0.3 is 14.8 Å². The molecule has 0 bridgehead atoms. The minimum Gasteiger partial charge on any atom is -0.487 e. The van der Waals surface area contributed by atoms with E-state index in [0.717, 1.165) is 11.1 Å². The van der Waals surface area contributed by atoms with Gasteiger partial charge in [-0.15, -0.1) is 0 Å². The van der Waals surface area contributed by atoms with Crippen LogP contribution in [0.1, 0.15) is 41.8 Å². The molecule has 0 fully saturated rings. The molecule has 0 saturated carbocycles. The van der Waals surface area contributed by atoms with Crippen molar-refractivity contribution >= 4 is 17.4 Å². The molecule has 5 heteroatoms. The minimum absolute atomic E-state index is 0.0129. The number of benzene rings is 2. The predicted molar refractivity (Wildman–Crippen MR) is 100 cm³/mol. The van der Waals surface area contributed by atoms with Crippen LogP contribution in [0, 0.1) is 13.8 Å². The molecule has 26 heavy (non-hydrogen) atoms. The number of nitrogens with one attached hydrogen (secondary N) is 1. The Morgan fingerprint density at radius 3 is 2.69 bits per heavy atom. The molecule has 1 N–H and O–H groups in total. The maximum atomic E-state index is 12.3. The third kappa shape index (κ3) is 4.04. The highest BCUT2D eigenvalue weighted by Gasteiger charge is 2.32. The van der Waals surface area contributed by atoms with E-state index in [1.54, 1.807) is 18.2 Å². The summed E-state index contributed by atoms with van der Waals surface area (Å²) >= 11 is 0. The summed E-state index contributed by atoms with van der Waals surface area (Å²) in [6, 6.07) is 10.9. The van der Waals surface area contributed by atoms with Crippen LogP contribution in [0.5, 0.6) is 11.5 Å². The van der Waals surface area contributed by atoms with Gasteiger partial charge in [-0.1, -0.05) is 17.7 Å². The Hall–Kier alpha value is -2.82. The number of ether oxygens (including phenoxy) is 2. The summed E-state index contributed by atoms with van der Waals surface area (Å²) in [4.78, 5) is 24.5. The number of aryl methyl sites for hydroxylation is 2. The van der Waals surface area contributed by atoms with Gasteiger partial charge >= 0.3 is 0 Å². The second-order valence-electron chi connectivity index (χ2n) is 7.28. The van der Waals surface area contributed by atoms with E-state index in [0.29, 0.717) is 29.2 Å². The number of ketones is 1. The summed E-state index contributed by atoms with van der Waals surface area (Å²) in [7, 11) is 0. The Morgan fingerprint density at radius 1 is 1.19 bits per heavy atom. The van der Waals surface area contributed by atoms with E-state index >= 15 is 0 Å². The van der Waals surface area contributed by atoms with Gasteiger partial charge in [0.2, 0.25) is 0 Å². The van der Waals surface area contributed by atoms with Crippen LogP contribution in [0.25, 0.3) is 0 Å². The van der Waals surface area contributed by atoms with Gasteiger partial charge in [0.1, 0.15) is 17.1 Å². The molecule has 0 saturated heterocycles. The Kier molecular flexibility index (Phi) is 4.72. The first-order chi connectivity index (χ1) is 12.2. The molecule has 0 unspecified atom stereocenters. The van der Waals surface area contributed by atoms with Gasteiger partial charge in [0.25, 0.3) is 5.91 Å². The van der Waals surface area contributed by atoms with Crippen LogP contribution < -0.4 is 14.8 Å². The number of Topliss-reactive ketones (excluding diaryl/α,β-unsaturated/α-hetero) is 1. The second-order valence-corrected chi connectivity index (χ2v) is 7.28.